The summed E-state index contributed by atoms with van der Waals surface area (Å²) < 4.78 is 60.8. The third-order valence-corrected chi connectivity index (χ3v) is 21.7. The maximum atomic E-state index is 15.5. The van der Waals surface area contributed by atoms with Crippen LogP contribution in [-0.2, 0) is 63.6 Å². The quantitative estimate of drug-likeness (QED) is 0.0194. The molecule has 0 spiro atoms. The molecule has 690 valence electrons. The van der Waals surface area contributed by atoms with Gasteiger partial charge in [0.05, 0.1) is 116 Å². The first-order valence-corrected chi connectivity index (χ1v) is 46.6. The van der Waals surface area contributed by atoms with E-state index in [1.165, 1.54) is 6.07 Å². The largest absolute Gasteiger partial charge is 0.493 e. The highest BCUT2D eigenvalue weighted by molar-refractivity contribution is 6.13. The summed E-state index contributed by atoms with van der Waals surface area (Å²) >= 11 is 0. The number of anilines is 4. The SMILES string of the molecule is CCCCCCCCOc1cc(OCCCCCCCC)c(C(=O)Nc2ccc(CCOCCOCCC(C)C)c(C(=O)Nc3ccc(CCOCCOCCC(C)C)c(C(=O)N[C@@H](C)c4ccccc4)c3)c2)cc1C(=O)Nc1ccc(CCOCCOCCC(C)C)c(C(=O)Nc2ccc(CCOCCOCCC(C)C)c(C(=O)N[C@@H](C)c3ccccc3)c2)c1. The van der Waals surface area contributed by atoms with E-state index in [9.17, 15) is 9.59 Å². The highest BCUT2D eigenvalue weighted by Crippen LogP contribution is 2.34. The van der Waals surface area contributed by atoms with Crippen molar-refractivity contribution in [1.29, 1.82) is 0 Å². The molecule has 0 heterocycles. The van der Waals surface area contributed by atoms with Crippen molar-refractivity contribution in [3.63, 3.8) is 0 Å². The maximum absolute atomic E-state index is 15.5. The molecular weight excluding hydrogens is 1590 g/mol. The molecular formula is C104H148N6O16. The van der Waals surface area contributed by atoms with Crippen LogP contribution < -0.4 is 41.4 Å². The third-order valence-electron chi connectivity index (χ3n) is 21.7. The summed E-state index contributed by atoms with van der Waals surface area (Å²) in [5.41, 5.74) is 7.06. The Morgan fingerprint density at radius 1 is 0.254 bits per heavy atom. The van der Waals surface area contributed by atoms with Gasteiger partial charge in [0.1, 0.15) is 11.5 Å². The standard InChI is InChI=1S/C104H148N6O16/c1-13-15-17-19-21-29-51-125-97-74-98(126-52-30-22-20-18-16-14-2)96(104(116)110-90-42-38-86(50-60-124-68-64-120-56-46-78(9)10)94(72-90)102(114)108-88-40-36-84(48-58-122-66-62-118-54-44-76(5)6)92(70-88)100(112)106-80(12)82-33-27-24-28-34-82)73-95(97)103(115)109-89-41-37-85(49-59-123-67-63-119-55-45-77(7)8)93(71-89)101(113)107-87-39-35-83(47-57-121-65-61-117-53-43-75(3)4)91(69-87)99(111)105-79(11)81-31-25-23-26-32-81/h23-28,31-42,69-80H,13-22,29-30,43-68H2,1-12H3,(H,105,111)(H,106,112)(H,107,113)(H,108,114)(H,109,115)(H,110,116)/t79-,80-/m0/s1. The molecule has 22 heteroatoms. The van der Waals surface area contributed by atoms with Gasteiger partial charge in [-0.1, -0.05) is 218 Å². The lowest BCUT2D eigenvalue weighted by Crippen LogP contribution is -2.28. The van der Waals surface area contributed by atoms with Crippen LogP contribution in [-0.4, -0.2) is 154 Å². The minimum absolute atomic E-state index is 0.0222. The van der Waals surface area contributed by atoms with Gasteiger partial charge in [-0.15, -0.1) is 0 Å². The zero-order valence-corrected chi connectivity index (χ0v) is 77.7. The molecule has 22 nitrogen and oxygen atoms in total. The number of nitrogens with one attached hydrogen (secondary N) is 6. The average molecular weight is 1740 g/mol. The fourth-order valence-electron chi connectivity index (χ4n) is 13.9. The first-order valence-electron chi connectivity index (χ1n) is 46.6. The van der Waals surface area contributed by atoms with Crippen molar-refractivity contribution in [2.24, 2.45) is 23.7 Å². The zero-order chi connectivity index (χ0) is 90.5. The summed E-state index contributed by atoms with van der Waals surface area (Å²) in [4.78, 5) is 90.4. The fourth-order valence-corrected chi connectivity index (χ4v) is 13.9. The molecule has 6 amide bonds. The zero-order valence-electron chi connectivity index (χ0n) is 77.7. The maximum Gasteiger partial charge on any atom is 0.259 e. The van der Waals surface area contributed by atoms with Gasteiger partial charge in [0, 0.05) is 77.5 Å². The Bertz CT molecular complexity index is 4060. The molecule has 0 fully saturated rings. The highest BCUT2D eigenvalue weighted by Gasteiger charge is 2.27. The second kappa shape index (κ2) is 60.4. The van der Waals surface area contributed by atoms with Gasteiger partial charge in [-0.25, -0.2) is 0 Å². The molecule has 0 aliphatic heterocycles. The second-order valence-electron chi connectivity index (χ2n) is 34.2. The van der Waals surface area contributed by atoms with Crippen molar-refractivity contribution < 1.29 is 76.1 Å². The highest BCUT2D eigenvalue weighted by atomic mass is 16.5. The summed E-state index contributed by atoms with van der Waals surface area (Å²) in [5.74, 6) is -0.506. The molecule has 7 aromatic carbocycles. The summed E-state index contributed by atoms with van der Waals surface area (Å²) in [6.45, 7) is 32.9. The lowest BCUT2D eigenvalue weighted by atomic mass is 10.0. The van der Waals surface area contributed by atoms with E-state index >= 15 is 19.2 Å². The predicted octanol–water partition coefficient (Wildman–Crippen LogP) is 21.6. The van der Waals surface area contributed by atoms with Gasteiger partial charge in [0.25, 0.3) is 35.4 Å². The van der Waals surface area contributed by atoms with Crippen LogP contribution in [0.1, 0.15) is 293 Å². The smallest absolute Gasteiger partial charge is 0.259 e. The molecule has 126 heavy (non-hydrogen) atoms. The van der Waals surface area contributed by atoms with Crippen LogP contribution in [0, 0.1) is 23.7 Å². The van der Waals surface area contributed by atoms with Gasteiger partial charge in [0.15, 0.2) is 0 Å². The van der Waals surface area contributed by atoms with Crippen LogP contribution in [0.15, 0.2) is 146 Å². The van der Waals surface area contributed by atoms with Crippen LogP contribution >= 0.6 is 0 Å². The summed E-state index contributed by atoms with van der Waals surface area (Å²) in [7, 11) is 0. The van der Waals surface area contributed by atoms with E-state index in [1.807, 2.05) is 86.6 Å². The number of amides is 6. The van der Waals surface area contributed by atoms with Gasteiger partial charge in [-0.2, -0.15) is 0 Å². The number of rotatable bonds is 66. The van der Waals surface area contributed by atoms with Crippen molar-refractivity contribution in [2.45, 2.75) is 224 Å². The van der Waals surface area contributed by atoms with Crippen LogP contribution in [0.5, 0.6) is 11.5 Å². The van der Waals surface area contributed by atoms with E-state index in [0.717, 1.165) is 112 Å². The molecule has 0 saturated carbocycles. The van der Waals surface area contributed by atoms with E-state index < -0.39 is 23.6 Å². The molecule has 6 N–H and O–H groups in total. The Morgan fingerprint density at radius 3 is 0.786 bits per heavy atom. The number of unbranched alkanes of at least 4 members (excludes halogenated alkanes) is 10. The predicted molar refractivity (Wildman–Crippen MR) is 506 cm³/mol. The van der Waals surface area contributed by atoms with Gasteiger partial charge in [-0.3, -0.25) is 28.8 Å². The molecule has 0 unspecified atom stereocenters. The van der Waals surface area contributed by atoms with Gasteiger partial charge < -0.3 is 79.3 Å². The molecule has 2 atom stereocenters. The summed E-state index contributed by atoms with van der Waals surface area (Å²) in [5, 5.41) is 18.7. The van der Waals surface area contributed by atoms with E-state index in [4.69, 9.17) is 47.4 Å². The topological polar surface area (TPSA) is 267 Å². The molecule has 0 aromatic heterocycles. The number of hydrogen-bond acceptors (Lipinski definition) is 16. The summed E-state index contributed by atoms with van der Waals surface area (Å²) in [6, 6.07) is 42.6. The average Bonchev–Trinajstić information content (AvgIpc) is 0.792. The van der Waals surface area contributed by atoms with Gasteiger partial charge in [-0.05, 0) is 190 Å². The van der Waals surface area contributed by atoms with Crippen LogP contribution in [0.3, 0.4) is 0 Å². The van der Waals surface area contributed by atoms with Crippen molar-refractivity contribution in [3.8, 4) is 11.5 Å². The molecule has 0 aliphatic rings. The number of carbonyl (C=O) groups excluding carboxylic acids is 6. The number of hydrogen-bond donors (Lipinski definition) is 6. The van der Waals surface area contributed by atoms with Crippen molar-refractivity contribution in [1.82, 2.24) is 10.6 Å². The van der Waals surface area contributed by atoms with Crippen LogP contribution in [0.2, 0.25) is 0 Å². The van der Waals surface area contributed by atoms with Gasteiger partial charge in [0.2, 0.25) is 0 Å². The summed E-state index contributed by atoms with van der Waals surface area (Å²) in [6.07, 6.45) is 17.1. The first-order chi connectivity index (χ1) is 61.1. The molecule has 7 aromatic rings. The normalized spacial score (nSPS) is 11.9. The van der Waals surface area contributed by atoms with Gasteiger partial charge >= 0.3 is 0 Å². The van der Waals surface area contributed by atoms with E-state index in [-0.39, 0.29) is 95.5 Å². The fraction of sp³-hybridized carbons (Fsp3) is 0.538. The van der Waals surface area contributed by atoms with E-state index in [1.54, 1.807) is 66.7 Å². The Morgan fingerprint density at radius 2 is 0.508 bits per heavy atom. The Kier molecular flexibility index (Phi) is 49.7. The monoisotopic (exact) mass is 1740 g/mol. The van der Waals surface area contributed by atoms with Crippen molar-refractivity contribution >= 4 is 58.2 Å². The Hall–Kier alpha value is -9.36. The Balaban J connectivity index is 1.25. The number of carbonyl (C=O) groups is 6. The first kappa shape index (κ1) is 104. The third kappa shape index (κ3) is 39.9. The van der Waals surface area contributed by atoms with E-state index in [0.29, 0.717) is 188 Å². The van der Waals surface area contributed by atoms with E-state index in [2.05, 4.69) is 101 Å². The molecule has 0 bridgehead atoms. The second-order valence-corrected chi connectivity index (χ2v) is 34.2. The number of ether oxygens (including phenoxy) is 10. The van der Waals surface area contributed by atoms with Crippen LogP contribution in [0.4, 0.5) is 22.7 Å². The van der Waals surface area contributed by atoms with Crippen molar-refractivity contribution in [3.05, 3.63) is 212 Å². The molecule has 0 aliphatic carbocycles. The number of benzene rings is 7. The minimum atomic E-state index is -0.638. The molecule has 0 saturated heterocycles. The van der Waals surface area contributed by atoms with Crippen molar-refractivity contribution in [2.75, 3.05) is 140 Å². The lowest BCUT2D eigenvalue weighted by molar-refractivity contribution is 0.0450. The molecule has 7 rings (SSSR count). The van der Waals surface area contributed by atoms with Crippen LogP contribution in [0.25, 0.3) is 0 Å². The lowest BCUT2D eigenvalue weighted by Gasteiger charge is -2.19. The Labute approximate surface area is 752 Å². The molecule has 0 radical (unpaired) electrons. The minimum Gasteiger partial charge on any atom is -0.493 e.